The Bertz CT molecular complexity index is 1020. The highest BCUT2D eigenvalue weighted by Crippen LogP contribution is 2.26. The molecule has 8 heteroatoms. The first-order valence-electron chi connectivity index (χ1n) is 7.39. The van der Waals surface area contributed by atoms with Gasteiger partial charge in [-0.1, -0.05) is 23.9 Å². The molecule has 0 N–H and O–H groups in total. The molecule has 26 heavy (non-hydrogen) atoms. The summed E-state index contributed by atoms with van der Waals surface area (Å²) in [6, 6.07) is 17.0. The first-order chi connectivity index (χ1) is 12.7. The zero-order valence-electron chi connectivity index (χ0n) is 13.4. The van der Waals surface area contributed by atoms with Crippen LogP contribution in [0, 0.1) is 5.69 Å². The summed E-state index contributed by atoms with van der Waals surface area (Å²) >= 11 is 4.79. The number of aromatic nitrogens is 2. The highest BCUT2D eigenvalue weighted by molar-refractivity contribution is 9.10. The molecule has 0 spiro atoms. The minimum atomic E-state index is -1.01. The third-order valence-corrected chi connectivity index (χ3v) is 4.94. The molecule has 3 aromatic rings. The molecule has 3 rings (SSSR count). The van der Waals surface area contributed by atoms with Gasteiger partial charge in [-0.2, -0.15) is 4.36 Å². The van der Waals surface area contributed by atoms with Crippen molar-refractivity contribution >= 4 is 50.1 Å². The van der Waals surface area contributed by atoms with Crippen molar-refractivity contribution in [2.24, 2.45) is 8.76 Å². The van der Waals surface area contributed by atoms with E-state index in [0.29, 0.717) is 10.9 Å². The van der Waals surface area contributed by atoms with Gasteiger partial charge in [0.05, 0.1) is 10.2 Å². The molecule has 130 valence electrons. The van der Waals surface area contributed by atoms with Gasteiger partial charge in [0.2, 0.25) is 0 Å². The first kappa shape index (κ1) is 18.4. The van der Waals surface area contributed by atoms with E-state index in [1.807, 2.05) is 54.6 Å². The molecule has 0 unspecified atom stereocenters. The smallest absolute Gasteiger partial charge is 0.193 e. The lowest BCUT2D eigenvalue weighted by Crippen LogP contribution is -1.88. The number of para-hydroxylation sites is 1. The molecule has 0 saturated heterocycles. The van der Waals surface area contributed by atoms with Gasteiger partial charge in [-0.25, -0.2) is 9.97 Å². The maximum Gasteiger partial charge on any atom is 0.193 e. The van der Waals surface area contributed by atoms with E-state index in [9.17, 15) is 0 Å². The van der Waals surface area contributed by atoms with Gasteiger partial charge < -0.3 is 4.74 Å². The largest absolute Gasteiger partial charge is 0.445 e. The van der Waals surface area contributed by atoms with E-state index in [4.69, 9.17) is 10.4 Å². The highest BCUT2D eigenvalue weighted by atomic mass is 79.9. The van der Waals surface area contributed by atoms with Gasteiger partial charge in [0.1, 0.15) is 5.75 Å². The third-order valence-electron chi connectivity index (χ3n) is 2.92. The fourth-order valence-corrected chi connectivity index (χ4v) is 3.21. The average Bonchev–Trinajstić information content (AvgIpc) is 2.66. The zero-order valence-corrected chi connectivity index (χ0v) is 16.6. The predicted octanol–water partition coefficient (Wildman–Crippen LogP) is 5.44. The molecule has 1 heterocycles. The molecule has 2 aromatic carbocycles. The summed E-state index contributed by atoms with van der Waals surface area (Å²) < 4.78 is 14.6. The third kappa shape index (κ3) is 5.86. The molecule has 0 fully saturated rings. The van der Waals surface area contributed by atoms with Gasteiger partial charge in [-0.15, -0.1) is 4.40 Å². The Morgan fingerprint density at radius 3 is 2.42 bits per heavy atom. The van der Waals surface area contributed by atoms with Crippen molar-refractivity contribution < 1.29 is 4.74 Å². The summed E-state index contributed by atoms with van der Waals surface area (Å²) in [6.45, 7) is 0. The molecule has 1 aromatic heterocycles. The molecular weight excluding hydrogens is 432 g/mol. The highest BCUT2D eigenvalue weighted by Gasteiger charge is 2.00. The number of nitrogens with zero attached hydrogens (tertiary/aromatic N) is 4. The van der Waals surface area contributed by atoms with E-state index in [2.05, 4.69) is 34.7 Å². The van der Waals surface area contributed by atoms with Gasteiger partial charge >= 0.3 is 0 Å². The van der Waals surface area contributed by atoms with Gasteiger partial charge in [0.25, 0.3) is 0 Å². The maximum absolute atomic E-state index is 5.90. The van der Waals surface area contributed by atoms with E-state index in [0.717, 1.165) is 15.1 Å². The second kappa shape index (κ2) is 9.35. The van der Waals surface area contributed by atoms with Crippen LogP contribution in [0.2, 0.25) is 0 Å². The minimum Gasteiger partial charge on any atom is -0.445 e. The van der Waals surface area contributed by atoms with Crippen molar-refractivity contribution in [1.29, 1.82) is 0 Å². The van der Waals surface area contributed by atoms with Crippen molar-refractivity contribution in [2.75, 3.05) is 0 Å². The lowest BCUT2D eigenvalue weighted by molar-refractivity contribution is 0.576. The number of halogens is 1. The Labute approximate surface area is 166 Å². The van der Waals surface area contributed by atoms with Crippen LogP contribution < -0.4 is 4.74 Å². The maximum atomic E-state index is 5.90. The van der Waals surface area contributed by atoms with Crippen LogP contribution in [0.25, 0.3) is 0 Å². The number of rotatable bonds is 5. The summed E-state index contributed by atoms with van der Waals surface area (Å²) in [5, 5.41) is 0.680. The Morgan fingerprint density at radius 2 is 1.73 bits per heavy atom. The summed E-state index contributed by atoms with van der Waals surface area (Å²) in [7, 11) is -1.01. The van der Waals surface area contributed by atoms with Crippen molar-refractivity contribution in [3.05, 3.63) is 71.5 Å². The Kier molecular flexibility index (Phi) is 6.62. The molecule has 5 nitrogen and oxygen atoms in total. The van der Waals surface area contributed by atoms with Crippen molar-refractivity contribution in [3.63, 3.8) is 0 Å². The van der Waals surface area contributed by atoms with E-state index in [1.165, 1.54) is 18.2 Å². The molecule has 0 radical (unpaired) electrons. The van der Waals surface area contributed by atoms with Crippen molar-refractivity contribution in [3.8, 4) is 11.4 Å². The molecule has 0 aliphatic heterocycles. The average molecular weight is 445 g/mol. The SMILES string of the molecule is C#S(N=COc1ccccc1)=Nc1ccc(Sc2ncc(Br)cn2)cc1. The molecule has 0 aliphatic rings. The van der Waals surface area contributed by atoms with Crippen LogP contribution in [0.4, 0.5) is 5.69 Å². The Hall–Kier alpha value is -2.38. The van der Waals surface area contributed by atoms with E-state index < -0.39 is 10.3 Å². The summed E-state index contributed by atoms with van der Waals surface area (Å²) in [4.78, 5) is 9.48. The summed E-state index contributed by atoms with van der Waals surface area (Å²) in [5.74, 6) is 0.699. The first-order valence-corrected chi connectivity index (χ1v) is 10.2. The molecule has 0 amide bonds. The summed E-state index contributed by atoms with van der Waals surface area (Å²) in [5.41, 5.74) is 6.64. The van der Waals surface area contributed by atoms with E-state index >= 15 is 0 Å². The molecule has 0 aliphatic carbocycles. The van der Waals surface area contributed by atoms with Crippen LogP contribution in [-0.4, -0.2) is 16.4 Å². The molecule has 0 atom stereocenters. The van der Waals surface area contributed by atoms with Gasteiger partial charge in [0, 0.05) is 27.6 Å². The van der Waals surface area contributed by atoms with Crippen LogP contribution in [0.1, 0.15) is 0 Å². The number of hydrogen-bond acceptors (Lipinski definition) is 5. The van der Waals surface area contributed by atoms with Crippen LogP contribution >= 0.6 is 27.7 Å². The molecule has 0 bridgehead atoms. The number of benzene rings is 2. The van der Waals surface area contributed by atoms with E-state index in [-0.39, 0.29) is 0 Å². The van der Waals surface area contributed by atoms with Gasteiger partial charge in [-0.3, -0.25) is 0 Å². The van der Waals surface area contributed by atoms with E-state index in [1.54, 1.807) is 12.4 Å². The fourth-order valence-electron chi connectivity index (χ4n) is 1.79. The minimum absolute atomic E-state index is 0.680. The Balaban J connectivity index is 1.60. The lowest BCUT2D eigenvalue weighted by atomic mass is 10.3. The zero-order chi connectivity index (χ0) is 18.2. The standard InChI is InChI=1S/C18H13BrN4OS2/c1-26(22-13-24-16-5-3-2-4-6-16)23-15-7-9-17(10-8-15)25-18-20-11-14(19)12-21-18/h1-13H. The quantitative estimate of drug-likeness (QED) is 0.298. The van der Waals surface area contributed by atoms with Crippen LogP contribution in [-0.2, 0) is 10.3 Å². The second-order valence-electron chi connectivity index (χ2n) is 4.81. The molecule has 0 saturated carbocycles. The normalized spacial score (nSPS) is 11.6. The van der Waals surface area contributed by atoms with Gasteiger partial charge in [0.15, 0.2) is 11.6 Å². The monoisotopic (exact) mass is 444 g/mol. The lowest BCUT2D eigenvalue weighted by Gasteiger charge is -2.00. The fraction of sp³-hybridized carbons (Fsp3) is 0. The van der Waals surface area contributed by atoms with Crippen LogP contribution in [0.15, 0.2) is 90.3 Å². The van der Waals surface area contributed by atoms with Gasteiger partial charge in [-0.05, 0) is 64.1 Å². The number of hydrogen-bond donors (Lipinski definition) is 0. The Morgan fingerprint density at radius 1 is 1.04 bits per heavy atom. The predicted molar refractivity (Wildman–Crippen MR) is 110 cm³/mol. The second-order valence-corrected chi connectivity index (χ2v) is 7.74. The van der Waals surface area contributed by atoms with Crippen LogP contribution in [0.5, 0.6) is 5.75 Å². The topological polar surface area (TPSA) is 59.7 Å². The van der Waals surface area contributed by atoms with Crippen LogP contribution in [0.3, 0.4) is 0 Å². The molecular formula is C18H13BrN4OS2. The van der Waals surface area contributed by atoms with Crippen molar-refractivity contribution in [2.45, 2.75) is 10.1 Å². The summed E-state index contributed by atoms with van der Waals surface area (Å²) in [6.07, 6.45) is 4.75. The number of ether oxygens (including phenoxy) is 1. The van der Waals surface area contributed by atoms with Crippen molar-refractivity contribution in [1.82, 2.24) is 9.97 Å².